The molecule has 0 amide bonds. The molecule has 1 aromatic carbocycles. The summed E-state index contributed by atoms with van der Waals surface area (Å²) in [6.45, 7) is 4.63. The lowest BCUT2D eigenvalue weighted by Gasteiger charge is -2.23. The third kappa shape index (κ3) is 1.69. The van der Waals surface area contributed by atoms with Crippen molar-refractivity contribution >= 4 is 22.7 Å². The van der Waals surface area contributed by atoms with E-state index < -0.39 is 0 Å². The van der Waals surface area contributed by atoms with E-state index >= 15 is 0 Å². The summed E-state index contributed by atoms with van der Waals surface area (Å²) in [4.78, 5) is 0. The molecule has 0 radical (unpaired) electrons. The van der Waals surface area contributed by atoms with Crippen molar-refractivity contribution in [2.45, 2.75) is 25.5 Å². The summed E-state index contributed by atoms with van der Waals surface area (Å²) in [5.41, 5.74) is 8.70. The Balaban J connectivity index is 2.11. The zero-order valence-corrected chi connectivity index (χ0v) is 10.3. The van der Waals surface area contributed by atoms with E-state index in [1.165, 1.54) is 6.42 Å². The zero-order chi connectivity index (χ0) is 12.5. The predicted molar refractivity (Wildman–Crippen MR) is 73.1 cm³/mol. The van der Waals surface area contributed by atoms with E-state index in [-0.39, 0.29) is 6.23 Å². The Kier molecular flexibility index (Phi) is 2.80. The van der Waals surface area contributed by atoms with Crippen molar-refractivity contribution in [1.82, 2.24) is 9.78 Å². The van der Waals surface area contributed by atoms with Crippen LogP contribution in [0.1, 0.15) is 31.1 Å². The highest BCUT2D eigenvalue weighted by Gasteiger charge is 2.19. The summed E-state index contributed by atoms with van der Waals surface area (Å²) in [5.74, 6) is 0. The molecule has 1 fully saturated rings. The van der Waals surface area contributed by atoms with Crippen LogP contribution in [0.2, 0.25) is 0 Å². The largest absolute Gasteiger partial charge is 0.398 e. The third-order valence-electron chi connectivity index (χ3n) is 3.49. The molecule has 1 saturated heterocycles. The van der Waals surface area contributed by atoms with Crippen molar-refractivity contribution in [3.8, 4) is 0 Å². The monoisotopic (exact) mass is 243 g/mol. The van der Waals surface area contributed by atoms with Gasteiger partial charge in [-0.15, -0.1) is 0 Å². The van der Waals surface area contributed by atoms with E-state index in [0.717, 1.165) is 41.6 Å². The second kappa shape index (κ2) is 4.46. The molecule has 0 bridgehead atoms. The quantitative estimate of drug-likeness (QED) is 0.825. The van der Waals surface area contributed by atoms with Gasteiger partial charge in [0.25, 0.3) is 0 Å². The fraction of sp³-hybridized carbons (Fsp3) is 0.357. The average molecular weight is 243 g/mol. The molecule has 2 heterocycles. The third-order valence-corrected chi connectivity index (χ3v) is 3.49. The number of fused-ring (bicyclic) bond motifs is 1. The summed E-state index contributed by atoms with van der Waals surface area (Å²) >= 11 is 0. The molecule has 0 saturated carbocycles. The zero-order valence-electron chi connectivity index (χ0n) is 10.3. The van der Waals surface area contributed by atoms with Crippen LogP contribution in [0.4, 0.5) is 5.69 Å². The lowest BCUT2D eigenvalue weighted by atomic mass is 10.1. The van der Waals surface area contributed by atoms with Gasteiger partial charge < -0.3 is 10.5 Å². The van der Waals surface area contributed by atoms with Crippen LogP contribution in [0.15, 0.2) is 24.9 Å². The van der Waals surface area contributed by atoms with E-state index in [9.17, 15) is 0 Å². The van der Waals surface area contributed by atoms with E-state index in [2.05, 4.69) is 11.7 Å². The molecule has 1 atom stereocenters. The molecule has 0 aliphatic carbocycles. The minimum absolute atomic E-state index is 0.0533. The first-order valence-electron chi connectivity index (χ1n) is 6.31. The molecule has 4 nitrogen and oxygen atoms in total. The van der Waals surface area contributed by atoms with E-state index in [0.29, 0.717) is 0 Å². The normalized spacial score (nSPS) is 20.1. The topological polar surface area (TPSA) is 53.1 Å². The second-order valence-electron chi connectivity index (χ2n) is 4.62. The van der Waals surface area contributed by atoms with Crippen molar-refractivity contribution in [2.75, 3.05) is 12.3 Å². The molecule has 2 N–H and O–H groups in total. The highest BCUT2D eigenvalue weighted by Crippen LogP contribution is 2.30. The second-order valence-corrected chi connectivity index (χ2v) is 4.62. The molecule has 3 rings (SSSR count). The summed E-state index contributed by atoms with van der Waals surface area (Å²) in [6, 6.07) is 3.91. The van der Waals surface area contributed by atoms with Gasteiger partial charge in [-0.3, -0.25) is 0 Å². The summed E-state index contributed by atoms with van der Waals surface area (Å²) in [5, 5.41) is 5.50. The van der Waals surface area contributed by atoms with Crippen LogP contribution < -0.4 is 5.73 Å². The van der Waals surface area contributed by atoms with Crippen molar-refractivity contribution in [3.63, 3.8) is 0 Å². The first-order chi connectivity index (χ1) is 8.81. The van der Waals surface area contributed by atoms with Crippen molar-refractivity contribution in [2.24, 2.45) is 0 Å². The van der Waals surface area contributed by atoms with Crippen molar-refractivity contribution in [3.05, 3.63) is 30.5 Å². The van der Waals surface area contributed by atoms with Gasteiger partial charge in [0.15, 0.2) is 6.23 Å². The SMILES string of the molecule is C=Cc1c(N)ccc2c1cnn2C1CCCCO1. The van der Waals surface area contributed by atoms with Crippen LogP contribution in [0.5, 0.6) is 0 Å². The first-order valence-corrected chi connectivity index (χ1v) is 6.31. The number of nitrogens with zero attached hydrogens (tertiary/aromatic N) is 2. The number of aromatic nitrogens is 2. The Hall–Kier alpha value is -1.81. The molecule has 1 aliphatic heterocycles. The molecule has 0 spiro atoms. The molecule has 1 aliphatic rings. The number of benzene rings is 1. The lowest BCUT2D eigenvalue weighted by Crippen LogP contribution is -2.18. The molecule has 94 valence electrons. The van der Waals surface area contributed by atoms with Crippen LogP contribution in [-0.4, -0.2) is 16.4 Å². The lowest BCUT2D eigenvalue weighted by molar-refractivity contribution is -0.0366. The van der Waals surface area contributed by atoms with Crippen LogP contribution in [0.3, 0.4) is 0 Å². The Morgan fingerprint density at radius 3 is 3.06 bits per heavy atom. The van der Waals surface area contributed by atoms with Crippen molar-refractivity contribution in [1.29, 1.82) is 0 Å². The van der Waals surface area contributed by atoms with E-state index in [4.69, 9.17) is 10.5 Å². The number of nitrogens with two attached hydrogens (primary N) is 1. The Bertz CT molecular complexity index is 582. The van der Waals surface area contributed by atoms with Gasteiger partial charge in [0, 0.05) is 23.2 Å². The molecular formula is C14H17N3O. The van der Waals surface area contributed by atoms with Gasteiger partial charge in [0.2, 0.25) is 0 Å². The van der Waals surface area contributed by atoms with Crippen LogP contribution in [0.25, 0.3) is 17.0 Å². The number of nitrogen functional groups attached to an aromatic ring is 1. The van der Waals surface area contributed by atoms with Crippen LogP contribution in [-0.2, 0) is 4.74 Å². The summed E-state index contributed by atoms with van der Waals surface area (Å²) in [7, 11) is 0. The highest BCUT2D eigenvalue weighted by atomic mass is 16.5. The minimum atomic E-state index is 0.0533. The summed E-state index contributed by atoms with van der Waals surface area (Å²) in [6.07, 6.45) is 7.03. The van der Waals surface area contributed by atoms with Crippen LogP contribution >= 0.6 is 0 Å². The van der Waals surface area contributed by atoms with E-state index in [1.54, 1.807) is 6.08 Å². The Morgan fingerprint density at radius 2 is 2.33 bits per heavy atom. The number of anilines is 1. The van der Waals surface area contributed by atoms with Gasteiger partial charge in [-0.1, -0.05) is 12.7 Å². The average Bonchev–Trinajstić information content (AvgIpc) is 2.83. The van der Waals surface area contributed by atoms with Gasteiger partial charge in [-0.25, -0.2) is 4.68 Å². The van der Waals surface area contributed by atoms with Gasteiger partial charge in [0.05, 0.1) is 11.7 Å². The fourth-order valence-corrected chi connectivity index (χ4v) is 2.53. The minimum Gasteiger partial charge on any atom is -0.398 e. The molecule has 4 heteroatoms. The maximum atomic E-state index is 5.95. The molecule has 1 aromatic heterocycles. The van der Waals surface area contributed by atoms with Gasteiger partial charge in [0.1, 0.15) is 0 Å². The maximum Gasteiger partial charge on any atom is 0.150 e. The van der Waals surface area contributed by atoms with Gasteiger partial charge in [-0.2, -0.15) is 5.10 Å². The Morgan fingerprint density at radius 1 is 1.44 bits per heavy atom. The number of ether oxygens (including phenoxy) is 1. The standard InChI is InChI=1S/C14H17N3O/c1-2-10-11-9-16-17(13(11)7-6-12(10)15)14-5-3-4-8-18-14/h2,6-7,9,14H,1,3-5,8,15H2. The fourth-order valence-electron chi connectivity index (χ4n) is 2.53. The molecular weight excluding hydrogens is 226 g/mol. The van der Waals surface area contributed by atoms with E-state index in [1.807, 2.05) is 23.0 Å². The summed E-state index contributed by atoms with van der Waals surface area (Å²) < 4.78 is 7.74. The van der Waals surface area contributed by atoms with Crippen LogP contribution in [0, 0.1) is 0 Å². The maximum absolute atomic E-state index is 5.95. The number of hydrogen-bond donors (Lipinski definition) is 1. The molecule has 2 aromatic rings. The highest BCUT2D eigenvalue weighted by molar-refractivity contribution is 5.93. The number of hydrogen-bond acceptors (Lipinski definition) is 3. The Labute approximate surface area is 106 Å². The van der Waals surface area contributed by atoms with Gasteiger partial charge in [-0.05, 0) is 31.4 Å². The molecule has 18 heavy (non-hydrogen) atoms. The number of rotatable bonds is 2. The first kappa shape index (κ1) is 11.3. The molecule has 1 unspecified atom stereocenters. The van der Waals surface area contributed by atoms with Gasteiger partial charge >= 0.3 is 0 Å². The van der Waals surface area contributed by atoms with Crippen molar-refractivity contribution < 1.29 is 4.74 Å². The smallest absolute Gasteiger partial charge is 0.150 e. The predicted octanol–water partition coefficient (Wildman–Crippen LogP) is 2.96.